The van der Waals surface area contributed by atoms with Crippen molar-refractivity contribution in [3.63, 3.8) is 0 Å². The Balaban J connectivity index is 2.80. The summed E-state index contributed by atoms with van der Waals surface area (Å²) >= 11 is 0. The van der Waals surface area contributed by atoms with E-state index in [1.54, 1.807) is 4.90 Å². The molecule has 2 aromatic carbocycles. The van der Waals surface area contributed by atoms with Gasteiger partial charge in [-0.15, -0.1) is 0 Å². The summed E-state index contributed by atoms with van der Waals surface area (Å²) in [7, 11) is 3.68. The molecule has 0 aliphatic rings. The molecular formula is C22H29NO. The number of carbonyl (C=O) groups is 1. The third kappa shape index (κ3) is 3.38. The molecule has 0 saturated heterocycles. The summed E-state index contributed by atoms with van der Waals surface area (Å²) in [5.41, 5.74) is 9.52. The number of carbonyl (C=O) groups excluding carboxylic acids is 1. The molecule has 0 aromatic heterocycles. The molecule has 0 unspecified atom stereocenters. The predicted molar refractivity (Wildman–Crippen MR) is 102 cm³/mol. The summed E-state index contributed by atoms with van der Waals surface area (Å²) in [6.45, 7) is 12.7. The van der Waals surface area contributed by atoms with E-state index in [-0.39, 0.29) is 11.8 Å². The minimum absolute atomic E-state index is 0.139. The molecule has 0 aliphatic carbocycles. The summed E-state index contributed by atoms with van der Waals surface area (Å²) in [5.74, 6) is -0.110. The van der Waals surface area contributed by atoms with Crippen LogP contribution >= 0.6 is 0 Å². The highest BCUT2D eigenvalue weighted by atomic mass is 16.2. The molecule has 0 bridgehead atoms. The van der Waals surface area contributed by atoms with Crippen molar-refractivity contribution >= 4 is 5.91 Å². The van der Waals surface area contributed by atoms with Gasteiger partial charge >= 0.3 is 0 Å². The highest BCUT2D eigenvalue weighted by Crippen LogP contribution is 2.36. The van der Waals surface area contributed by atoms with Crippen LogP contribution in [0.15, 0.2) is 24.3 Å². The van der Waals surface area contributed by atoms with E-state index >= 15 is 0 Å². The number of amides is 1. The van der Waals surface area contributed by atoms with Crippen molar-refractivity contribution in [3.8, 4) is 0 Å². The monoisotopic (exact) mass is 323 g/mol. The smallest absolute Gasteiger partial charge is 0.234 e. The molecule has 24 heavy (non-hydrogen) atoms. The predicted octanol–water partition coefficient (Wildman–Crippen LogP) is 4.76. The van der Waals surface area contributed by atoms with Gasteiger partial charge in [0.25, 0.3) is 0 Å². The van der Waals surface area contributed by atoms with Crippen molar-refractivity contribution in [2.45, 2.75) is 47.5 Å². The summed E-state index contributed by atoms with van der Waals surface area (Å²) in [4.78, 5) is 14.9. The Morgan fingerprint density at radius 1 is 0.708 bits per heavy atom. The first-order valence-corrected chi connectivity index (χ1v) is 8.50. The highest BCUT2D eigenvalue weighted by Gasteiger charge is 2.30. The van der Waals surface area contributed by atoms with E-state index < -0.39 is 0 Å². The van der Waals surface area contributed by atoms with Gasteiger partial charge in [0.05, 0.1) is 5.92 Å². The van der Waals surface area contributed by atoms with E-state index in [0.717, 1.165) is 11.1 Å². The Labute approximate surface area is 146 Å². The van der Waals surface area contributed by atoms with Crippen LogP contribution in [-0.2, 0) is 4.79 Å². The maximum Gasteiger partial charge on any atom is 0.234 e. The molecule has 0 atom stereocenters. The maximum absolute atomic E-state index is 13.1. The lowest BCUT2D eigenvalue weighted by molar-refractivity contribution is -0.129. The molecule has 0 N–H and O–H groups in total. The minimum Gasteiger partial charge on any atom is -0.348 e. The third-order valence-electron chi connectivity index (χ3n) is 4.74. The first kappa shape index (κ1) is 18.3. The van der Waals surface area contributed by atoms with Gasteiger partial charge in [-0.2, -0.15) is 0 Å². The Kier molecular flexibility index (Phi) is 5.17. The Morgan fingerprint density at radius 2 is 1.00 bits per heavy atom. The van der Waals surface area contributed by atoms with Crippen molar-refractivity contribution in [2.24, 2.45) is 0 Å². The molecule has 0 saturated carbocycles. The van der Waals surface area contributed by atoms with Crippen molar-refractivity contribution in [2.75, 3.05) is 14.1 Å². The van der Waals surface area contributed by atoms with Gasteiger partial charge in [-0.25, -0.2) is 0 Å². The Bertz CT molecular complexity index is 683. The van der Waals surface area contributed by atoms with Crippen LogP contribution in [0, 0.1) is 41.5 Å². The van der Waals surface area contributed by atoms with E-state index in [9.17, 15) is 4.79 Å². The second kappa shape index (κ2) is 6.80. The van der Waals surface area contributed by atoms with Crippen LogP contribution in [0.4, 0.5) is 0 Å². The number of aryl methyl sites for hydroxylation is 6. The lowest BCUT2D eigenvalue weighted by Crippen LogP contribution is -2.30. The number of likely N-dealkylation sites (N-methyl/N-ethyl adjacent to an activating group) is 1. The largest absolute Gasteiger partial charge is 0.348 e. The molecule has 1 amide bonds. The first-order chi connectivity index (χ1) is 11.1. The van der Waals surface area contributed by atoms with E-state index in [1.807, 2.05) is 14.1 Å². The standard InChI is InChI=1S/C22H29NO/c1-13-9-15(3)19(16(4)10-13)21(22(24)23(7)8)20-17(5)11-14(2)12-18(20)6/h9-12,21H,1-8H3. The molecule has 2 aromatic rings. The molecule has 2 rings (SSSR count). The summed E-state index contributed by atoms with van der Waals surface area (Å²) in [6.07, 6.45) is 0. The third-order valence-corrected chi connectivity index (χ3v) is 4.74. The molecule has 128 valence electrons. The SMILES string of the molecule is Cc1cc(C)c(C(C(=O)N(C)C)c2c(C)cc(C)cc2C)c(C)c1. The molecule has 0 heterocycles. The lowest BCUT2D eigenvalue weighted by atomic mass is 9.80. The van der Waals surface area contributed by atoms with Gasteiger partial charge in [0.2, 0.25) is 5.91 Å². The van der Waals surface area contributed by atoms with Gasteiger partial charge in [-0.1, -0.05) is 35.4 Å². The topological polar surface area (TPSA) is 20.3 Å². The van der Waals surface area contributed by atoms with Crippen molar-refractivity contribution < 1.29 is 4.79 Å². The molecule has 0 spiro atoms. The van der Waals surface area contributed by atoms with Crippen molar-refractivity contribution in [3.05, 3.63) is 68.8 Å². The first-order valence-electron chi connectivity index (χ1n) is 8.50. The van der Waals surface area contributed by atoms with E-state index in [1.165, 1.54) is 33.4 Å². The number of rotatable bonds is 3. The average molecular weight is 323 g/mol. The number of benzene rings is 2. The Hall–Kier alpha value is -2.09. The van der Waals surface area contributed by atoms with E-state index in [0.29, 0.717) is 0 Å². The molecule has 2 heteroatoms. The summed E-state index contributed by atoms with van der Waals surface area (Å²) in [5, 5.41) is 0. The van der Waals surface area contributed by atoms with Gasteiger partial charge < -0.3 is 4.90 Å². The van der Waals surface area contributed by atoms with Crippen LogP contribution in [0.25, 0.3) is 0 Å². The van der Waals surface area contributed by atoms with Crippen molar-refractivity contribution in [1.29, 1.82) is 0 Å². The fraction of sp³-hybridized carbons (Fsp3) is 0.409. The second-order valence-electron chi connectivity index (χ2n) is 7.29. The van der Waals surface area contributed by atoms with Gasteiger partial charge in [-0.3, -0.25) is 4.79 Å². The van der Waals surface area contributed by atoms with E-state index in [2.05, 4.69) is 65.8 Å². The molecule has 0 aliphatic heterocycles. The van der Waals surface area contributed by atoms with Crippen LogP contribution in [0.1, 0.15) is 50.4 Å². The van der Waals surface area contributed by atoms with Gasteiger partial charge in [-0.05, 0) is 74.9 Å². The number of nitrogens with zero attached hydrogens (tertiary/aromatic N) is 1. The fourth-order valence-electron chi connectivity index (χ4n) is 3.94. The lowest BCUT2D eigenvalue weighted by Gasteiger charge is -2.27. The zero-order valence-electron chi connectivity index (χ0n) is 16.2. The highest BCUT2D eigenvalue weighted by molar-refractivity contribution is 5.88. The molecular weight excluding hydrogens is 294 g/mol. The summed E-state index contributed by atoms with van der Waals surface area (Å²) < 4.78 is 0. The molecule has 0 radical (unpaired) electrons. The van der Waals surface area contributed by atoms with Crippen LogP contribution in [-0.4, -0.2) is 24.9 Å². The minimum atomic E-state index is -0.249. The molecule has 0 fully saturated rings. The molecule has 2 nitrogen and oxygen atoms in total. The zero-order chi connectivity index (χ0) is 18.2. The van der Waals surface area contributed by atoms with Crippen LogP contribution < -0.4 is 0 Å². The van der Waals surface area contributed by atoms with Gasteiger partial charge in [0, 0.05) is 14.1 Å². The summed E-state index contributed by atoms with van der Waals surface area (Å²) in [6, 6.07) is 8.71. The number of hydrogen-bond acceptors (Lipinski definition) is 1. The van der Waals surface area contributed by atoms with Crippen LogP contribution in [0.2, 0.25) is 0 Å². The maximum atomic E-state index is 13.1. The normalized spacial score (nSPS) is 11.0. The second-order valence-corrected chi connectivity index (χ2v) is 7.29. The number of hydrogen-bond donors (Lipinski definition) is 0. The average Bonchev–Trinajstić information content (AvgIpc) is 2.42. The fourth-order valence-corrected chi connectivity index (χ4v) is 3.94. The van der Waals surface area contributed by atoms with Crippen LogP contribution in [0.5, 0.6) is 0 Å². The Morgan fingerprint density at radius 3 is 1.25 bits per heavy atom. The van der Waals surface area contributed by atoms with Gasteiger partial charge in [0.1, 0.15) is 0 Å². The van der Waals surface area contributed by atoms with E-state index in [4.69, 9.17) is 0 Å². The van der Waals surface area contributed by atoms with Crippen molar-refractivity contribution in [1.82, 2.24) is 4.90 Å². The quantitative estimate of drug-likeness (QED) is 0.797. The van der Waals surface area contributed by atoms with Gasteiger partial charge in [0.15, 0.2) is 0 Å². The zero-order valence-corrected chi connectivity index (χ0v) is 16.2. The van der Waals surface area contributed by atoms with Crippen LogP contribution in [0.3, 0.4) is 0 Å².